The molecule has 0 saturated carbocycles. The molecule has 0 aliphatic carbocycles. The van der Waals surface area contributed by atoms with E-state index in [9.17, 15) is 9.59 Å². The number of ketones is 1. The Morgan fingerprint density at radius 2 is 1.40 bits per heavy atom. The predicted molar refractivity (Wildman–Crippen MR) is 94.2 cm³/mol. The van der Waals surface area contributed by atoms with Gasteiger partial charge in [0.05, 0.1) is 14.2 Å². The minimum atomic E-state index is -0.822. The third-order valence-electron chi connectivity index (χ3n) is 3.83. The zero-order valence-electron chi connectivity index (χ0n) is 14.7. The van der Waals surface area contributed by atoms with Crippen molar-refractivity contribution >= 4 is 11.8 Å². The highest BCUT2D eigenvalue weighted by molar-refractivity contribution is 6.00. The topological polar surface area (TPSA) is 61.8 Å². The number of Topliss-reactive ketones (excluding diaryl/α,β-unsaturated/α-hetero) is 1. The van der Waals surface area contributed by atoms with Gasteiger partial charge in [0.25, 0.3) is 0 Å². The molecular formula is C20H22O5. The Morgan fingerprint density at radius 3 is 1.92 bits per heavy atom. The van der Waals surface area contributed by atoms with E-state index in [-0.39, 0.29) is 12.2 Å². The van der Waals surface area contributed by atoms with Crippen molar-refractivity contribution < 1.29 is 23.8 Å². The first kappa shape index (κ1) is 18.5. The third-order valence-corrected chi connectivity index (χ3v) is 3.83. The summed E-state index contributed by atoms with van der Waals surface area (Å²) in [5.74, 6) is 0.802. The van der Waals surface area contributed by atoms with Gasteiger partial charge >= 0.3 is 5.97 Å². The van der Waals surface area contributed by atoms with Crippen LogP contribution in [0.15, 0.2) is 48.5 Å². The van der Waals surface area contributed by atoms with Crippen molar-refractivity contribution in [2.24, 2.45) is 0 Å². The van der Waals surface area contributed by atoms with Gasteiger partial charge in [-0.05, 0) is 55.3 Å². The first-order valence-electron chi connectivity index (χ1n) is 8.04. The van der Waals surface area contributed by atoms with E-state index in [0.29, 0.717) is 17.7 Å². The Hall–Kier alpha value is -2.82. The molecule has 1 atom stereocenters. The molecule has 0 amide bonds. The third kappa shape index (κ3) is 5.35. The van der Waals surface area contributed by atoms with Gasteiger partial charge < -0.3 is 14.2 Å². The van der Waals surface area contributed by atoms with Crippen LogP contribution in [0.2, 0.25) is 0 Å². The summed E-state index contributed by atoms with van der Waals surface area (Å²) in [6.07, 6.45) is -0.0597. The van der Waals surface area contributed by atoms with Gasteiger partial charge in [-0.15, -0.1) is 0 Å². The number of benzene rings is 2. The van der Waals surface area contributed by atoms with Crippen LogP contribution in [0.3, 0.4) is 0 Å². The van der Waals surface area contributed by atoms with Crippen LogP contribution in [0.5, 0.6) is 11.5 Å². The lowest BCUT2D eigenvalue weighted by atomic mass is 10.1. The molecule has 2 rings (SSSR count). The molecule has 2 aromatic carbocycles. The second-order valence-electron chi connectivity index (χ2n) is 5.57. The summed E-state index contributed by atoms with van der Waals surface area (Å²) in [6, 6.07) is 14.2. The molecule has 0 aliphatic heterocycles. The van der Waals surface area contributed by atoms with Crippen LogP contribution in [0.25, 0.3) is 0 Å². The smallest absolute Gasteiger partial charge is 0.306 e. The molecule has 0 aromatic heterocycles. The van der Waals surface area contributed by atoms with Crippen molar-refractivity contribution in [3.63, 3.8) is 0 Å². The van der Waals surface area contributed by atoms with Crippen LogP contribution in [0.4, 0.5) is 0 Å². The van der Waals surface area contributed by atoms with Crippen LogP contribution in [-0.2, 0) is 16.0 Å². The van der Waals surface area contributed by atoms with E-state index < -0.39 is 12.1 Å². The molecule has 0 heterocycles. The second kappa shape index (κ2) is 8.87. The lowest BCUT2D eigenvalue weighted by Gasteiger charge is -2.13. The van der Waals surface area contributed by atoms with E-state index in [1.165, 1.54) is 0 Å². The Morgan fingerprint density at radius 1 is 0.880 bits per heavy atom. The van der Waals surface area contributed by atoms with Crippen molar-refractivity contribution in [3.05, 3.63) is 59.7 Å². The number of aryl methyl sites for hydroxylation is 1. The summed E-state index contributed by atoms with van der Waals surface area (Å²) in [6.45, 7) is 1.58. The number of esters is 1. The summed E-state index contributed by atoms with van der Waals surface area (Å²) in [5.41, 5.74) is 1.49. The van der Waals surface area contributed by atoms with Crippen molar-refractivity contribution in [1.82, 2.24) is 0 Å². The van der Waals surface area contributed by atoms with E-state index in [1.54, 1.807) is 45.4 Å². The number of ether oxygens (including phenoxy) is 3. The first-order chi connectivity index (χ1) is 12.0. The molecule has 0 radical (unpaired) electrons. The molecule has 1 unspecified atom stereocenters. The maximum Gasteiger partial charge on any atom is 0.306 e. The zero-order valence-corrected chi connectivity index (χ0v) is 14.7. The van der Waals surface area contributed by atoms with Gasteiger partial charge in [0.2, 0.25) is 5.78 Å². The summed E-state index contributed by atoms with van der Waals surface area (Å²) in [5, 5.41) is 0. The highest BCUT2D eigenvalue weighted by atomic mass is 16.5. The number of methoxy groups -OCH3 is 2. The van der Waals surface area contributed by atoms with Gasteiger partial charge in [0, 0.05) is 12.0 Å². The van der Waals surface area contributed by atoms with E-state index in [2.05, 4.69) is 0 Å². The fraction of sp³-hybridized carbons (Fsp3) is 0.300. The Bertz CT molecular complexity index is 704. The normalized spacial score (nSPS) is 11.5. The fourth-order valence-corrected chi connectivity index (χ4v) is 2.34. The molecule has 5 nitrogen and oxygen atoms in total. The minimum absolute atomic E-state index is 0.215. The monoisotopic (exact) mass is 342 g/mol. The van der Waals surface area contributed by atoms with E-state index in [0.717, 1.165) is 11.3 Å². The SMILES string of the molecule is COc1ccc(CCC(=O)OC(C)C(=O)c2ccc(OC)cc2)cc1. The Labute approximate surface area is 147 Å². The lowest BCUT2D eigenvalue weighted by Crippen LogP contribution is -2.24. The molecule has 2 aromatic rings. The zero-order chi connectivity index (χ0) is 18.2. The average molecular weight is 342 g/mol. The molecular weight excluding hydrogens is 320 g/mol. The van der Waals surface area contributed by atoms with Crippen molar-refractivity contribution in [3.8, 4) is 11.5 Å². The minimum Gasteiger partial charge on any atom is -0.497 e. The molecule has 132 valence electrons. The van der Waals surface area contributed by atoms with Crippen molar-refractivity contribution in [2.45, 2.75) is 25.9 Å². The quantitative estimate of drug-likeness (QED) is 0.543. The van der Waals surface area contributed by atoms with E-state index in [1.807, 2.05) is 24.3 Å². The summed E-state index contributed by atoms with van der Waals surface area (Å²) >= 11 is 0. The second-order valence-corrected chi connectivity index (χ2v) is 5.57. The lowest BCUT2D eigenvalue weighted by molar-refractivity contribution is -0.146. The van der Waals surface area contributed by atoms with E-state index in [4.69, 9.17) is 14.2 Å². The number of hydrogen-bond acceptors (Lipinski definition) is 5. The van der Waals surface area contributed by atoms with Gasteiger partial charge in [-0.3, -0.25) is 9.59 Å². The maximum absolute atomic E-state index is 12.3. The molecule has 0 fully saturated rings. The molecule has 0 spiro atoms. The van der Waals surface area contributed by atoms with Gasteiger partial charge in [0.1, 0.15) is 11.5 Å². The number of hydrogen-bond donors (Lipinski definition) is 0. The average Bonchev–Trinajstić information content (AvgIpc) is 2.66. The number of carbonyl (C=O) groups excluding carboxylic acids is 2. The van der Waals surface area contributed by atoms with Crippen LogP contribution < -0.4 is 9.47 Å². The summed E-state index contributed by atoms with van der Waals surface area (Å²) in [7, 11) is 3.16. The molecule has 0 saturated heterocycles. The molecule has 0 bridgehead atoms. The van der Waals surface area contributed by atoms with Gasteiger partial charge in [-0.1, -0.05) is 12.1 Å². The van der Waals surface area contributed by atoms with Crippen LogP contribution in [0, 0.1) is 0 Å². The highest BCUT2D eigenvalue weighted by Gasteiger charge is 2.19. The van der Waals surface area contributed by atoms with Gasteiger partial charge in [-0.25, -0.2) is 0 Å². The van der Waals surface area contributed by atoms with Crippen LogP contribution >= 0.6 is 0 Å². The summed E-state index contributed by atoms with van der Waals surface area (Å²) < 4.78 is 15.4. The maximum atomic E-state index is 12.3. The van der Waals surface area contributed by atoms with E-state index >= 15 is 0 Å². The van der Waals surface area contributed by atoms with Crippen molar-refractivity contribution in [1.29, 1.82) is 0 Å². The van der Waals surface area contributed by atoms with Crippen LogP contribution in [0.1, 0.15) is 29.3 Å². The Balaban J connectivity index is 1.84. The van der Waals surface area contributed by atoms with Crippen LogP contribution in [-0.4, -0.2) is 32.1 Å². The first-order valence-corrected chi connectivity index (χ1v) is 8.04. The number of rotatable bonds is 8. The molecule has 5 heteroatoms. The van der Waals surface area contributed by atoms with Crippen molar-refractivity contribution in [2.75, 3.05) is 14.2 Å². The fourth-order valence-electron chi connectivity index (χ4n) is 2.34. The number of carbonyl (C=O) groups is 2. The van der Waals surface area contributed by atoms with Gasteiger partial charge in [-0.2, -0.15) is 0 Å². The highest BCUT2D eigenvalue weighted by Crippen LogP contribution is 2.15. The molecule has 0 N–H and O–H groups in total. The molecule has 25 heavy (non-hydrogen) atoms. The van der Waals surface area contributed by atoms with Gasteiger partial charge in [0.15, 0.2) is 6.10 Å². The largest absolute Gasteiger partial charge is 0.497 e. The predicted octanol–water partition coefficient (Wildman–Crippen LogP) is 3.45. The Kier molecular flexibility index (Phi) is 6.57. The molecule has 0 aliphatic rings. The summed E-state index contributed by atoms with van der Waals surface area (Å²) in [4.78, 5) is 24.3. The standard InChI is InChI=1S/C20H22O5/c1-14(20(22)16-7-11-18(24-3)12-8-16)25-19(21)13-6-15-4-9-17(23-2)10-5-15/h4-5,7-12,14H,6,13H2,1-3H3.